The van der Waals surface area contributed by atoms with Crippen LogP contribution in [0.25, 0.3) is 10.8 Å². The number of rotatable bonds is 24. The number of phenolic OH excluding ortho intramolecular Hbond substituents is 2. The van der Waals surface area contributed by atoms with Crippen LogP contribution in [0.4, 0.5) is 0 Å². The zero-order valence-corrected chi connectivity index (χ0v) is 32.8. The van der Waals surface area contributed by atoms with Crippen LogP contribution in [0.5, 0.6) is 11.5 Å². The summed E-state index contributed by atoms with van der Waals surface area (Å²) in [5, 5.41) is 23.0. The lowest BCUT2D eigenvalue weighted by atomic mass is 9.91. The van der Waals surface area contributed by atoms with E-state index in [0.29, 0.717) is 17.6 Å². The fourth-order valence-corrected chi connectivity index (χ4v) is 7.16. The fraction of sp³-hybridized carbons (Fsp3) is 0.652. The van der Waals surface area contributed by atoms with Crippen LogP contribution in [-0.2, 0) is 6.42 Å². The van der Waals surface area contributed by atoms with Crippen molar-refractivity contribution in [2.75, 3.05) is 0 Å². The largest absolute Gasteiger partial charge is 0.507 e. The molecule has 0 aliphatic rings. The van der Waals surface area contributed by atoms with Gasteiger partial charge in [-0.1, -0.05) is 145 Å². The zero-order chi connectivity index (χ0) is 35.5. The molecule has 2 rings (SSSR count). The number of benzene rings is 2. The van der Waals surface area contributed by atoms with Crippen LogP contribution in [-0.4, -0.2) is 10.2 Å². The second-order valence-corrected chi connectivity index (χ2v) is 16.2. The predicted octanol–water partition coefficient (Wildman–Crippen LogP) is 14.7. The highest BCUT2D eigenvalue weighted by Gasteiger charge is 2.15. The molecule has 0 spiro atoms. The molecular formula is C46H74O2. The van der Waals surface area contributed by atoms with E-state index >= 15 is 0 Å². The summed E-state index contributed by atoms with van der Waals surface area (Å²) < 4.78 is 0. The van der Waals surface area contributed by atoms with E-state index < -0.39 is 0 Å². The first-order chi connectivity index (χ1) is 22.9. The van der Waals surface area contributed by atoms with Crippen LogP contribution in [0.1, 0.15) is 169 Å². The van der Waals surface area contributed by atoms with E-state index in [4.69, 9.17) is 0 Å². The molecule has 2 nitrogen and oxygen atoms in total. The fourth-order valence-electron chi connectivity index (χ4n) is 7.16. The molecule has 2 aromatic rings. The second kappa shape index (κ2) is 23.0. The molecule has 0 aliphatic carbocycles. The van der Waals surface area contributed by atoms with Crippen molar-refractivity contribution in [3.05, 3.63) is 70.3 Å². The van der Waals surface area contributed by atoms with Crippen molar-refractivity contribution in [1.29, 1.82) is 0 Å². The summed E-state index contributed by atoms with van der Waals surface area (Å²) in [6, 6.07) is 7.53. The van der Waals surface area contributed by atoms with Gasteiger partial charge >= 0.3 is 0 Å². The number of allylic oxidation sites excluding steroid dienone is 6. The van der Waals surface area contributed by atoms with Gasteiger partial charge in [-0.2, -0.15) is 0 Å². The van der Waals surface area contributed by atoms with Crippen LogP contribution < -0.4 is 0 Å². The molecule has 0 saturated carbocycles. The van der Waals surface area contributed by atoms with E-state index in [2.05, 4.69) is 73.6 Å². The summed E-state index contributed by atoms with van der Waals surface area (Å²) in [7, 11) is 0. The molecule has 0 heterocycles. The molecule has 270 valence electrons. The zero-order valence-electron chi connectivity index (χ0n) is 32.8. The Morgan fingerprint density at radius 2 is 1.02 bits per heavy atom. The SMILES string of the molecule is C/C(=C\CCC(C)CCC/C(C)=C/Cc1c(C)c(O)c2ccccc2c1O)CC/C=C(\C)CCCC(C)CCCC(C)CCCC(C)C. The maximum absolute atomic E-state index is 10.9. The van der Waals surface area contributed by atoms with Crippen LogP contribution >= 0.6 is 0 Å². The monoisotopic (exact) mass is 659 g/mol. The van der Waals surface area contributed by atoms with Crippen molar-refractivity contribution in [2.24, 2.45) is 23.7 Å². The maximum atomic E-state index is 10.9. The second-order valence-electron chi connectivity index (χ2n) is 16.2. The van der Waals surface area contributed by atoms with E-state index in [1.54, 1.807) is 5.57 Å². The van der Waals surface area contributed by atoms with E-state index in [1.807, 2.05) is 31.2 Å². The summed E-state index contributed by atoms with van der Waals surface area (Å²) in [6.07, 6.45) is 28.6. The summed E-state index contributed by atoms with van der Waals surface area (Å²) in [5.74, 6) is 3.93. The van der Waals surface area contributed by atoms with E-state index in [9.17, 15) is 10.2 Å². The highest BCUT2D eigenvalue weighted by atomic mass is 16.3. The number of hydrogen-bond acceptors (Lipinski definition) is 2. The Labute approximate surface area is 297 Å². The van der Waals surface area contributed by atoms with Gasteiger partial charge in [0.15, 0.2) is 0 Å². The van der Waals surface area contributed by atoms with Crippen molar-refractivity contribution in [1.82, 2.24) is 0 Å². The minimum absolute atomic E-state index is 0.281. The molecule has 2 heteroatoms. The Hall–Kier alpha value is -2.48. The topological polar surface area (TPSA) is 40.5 Å². The third-order valence-electron chi connectivity index (χ3n) is 10.8. The van der Waals surface area contributed by atoms with Crippen molar-refractivity contribution in [2.45, 2.75) is 171 Å². The van der Waals surface area contributed by atoms with Gasteiger partial charge in [0.2, 0.25) is 0 Å². The lowest BCUT2D eigenvalue weighted by Gasteiger charge is -2.15. The molecule has 0 saturated heterocycles. The first-order valence-electron chi connectivity index (χ1n) is 19.8. The van der Waals surface area contributed by atoms with Crippen molar-refractivity contribution in [3.8, 4) is 11.5 Å². The Morgan fingerprint density at radius 3 is 1.60 bits per heavy atom. The maximum Gasteiger partial charge on any atom is 0.127 e. The molecule has 0 radical (unpaired) electrons. The molecule has 0 aliphatic heterocycles. The molecule has 2 aromatic carbocycles. The normalized spacial score (nSPS) is 15.0. The predicted molar refractivity (Wildman–Crippen MR) is 213 cm³/mol. The molecular weight excluding hydrogens is 585 g/mol. The number of fused-ring (bicyclic) bond motifs is 1. The van der Waals surface area contributed by atoms with E-state index in [-0.39, 0.29) is 5.75 Å². The summed E-state index contributed by atoms with van der Waals surface area (Å²) in [6.45, 7) is 20.7. The lowest BCUT2D eigenvalue weighted by Crippen LogP contribution is -2.00. The Morgan fingerprint density at radius 1 is 0.562 bits per heavy atom. The van der Waals surface area contributed by atoms with Gasteiger partial charge in [0.25, 0.3) is 0 Å². The molecule has 0 aromatic heterocycles. The molecule has 3 atom stereocenters. The van der Waals surface area contributed by atoms with Crippen LogP contribution in [0, 0.1) is 30.6 Å². The standard InChI is InChI=1S/C46H74O2/c1-34(2)18-12-19-35(3)20-13-21-36(4)22-14-23-37(5)24-15-25-38(6)26-16-27-39(7)28-17-29-40(8)32-33-42-41(9)45(47)43-30-10-11-31-44(43)46(42)48/h10-11,24,26,30-32,34-36,39,47-48H,12-23,25,27-29,33H2,1-9H3/b37-24+,38-26+,40-32+. The van der Waals surface area contributed by atoms with Crippen LogP contribution in [0.2, 0.25) is 0 Å². The molecule has 3 unspecified atom stereocenters. The van der Waals surface area contributed by atoms with Crippen molar-refractivity contribution < 1.29 is 10.2 Å². The summed E-state index contributed by atoms with van der Waals surface area (Å²) in [4.78, 5) is 0. The first kappa shape index (κ1) is 41.7. The number of hydrogen-bond donors (Lipinski definition) is 2. The highest BCUT2D eigenvalue weighted by molar-refractivity contribution is 5.95. The van der Waals surface area contributed by atoms with Gasteiger partial charge in [0, 0.05) is 16.3 Å². The van der Waals surface area contributed by atoms with Gasteiger partial charge in [-0.25, -0.2) is 0 Å². The highest BCUT2D eigenvalue weighted by Crippen LogP contribution is 2.39. The Bertz CT molecular complexity index is 1290. The molecule has 0 amide bonds. The molecule has 48 heavy (non-hydrogen) atoms. The minimum atomic E-state index is 0.281. The number of aromatic hydroxyl groups is 2. The summed E-state index contributed by atoms with van der Waals surface area (Å²) >= 11 is 0. The first-order valence-corrected chi connectivity index (χ1v) is 19.8. The van der Waals surface area contributed by atoms with Crippen LogP contribution in [0.3, 0.4) is 0 Å². The molecule has 0 bridgehead atoms. The number of phenols is 2. The third-order valence-corrected chi connectivity index (χ3v) is 10.8. The van der Waals surface area contributed by atoms with Crippen LogP contribution in [0.15, 0.2) is 59.2 Å². The minimum Gasteiger partial charge on any atom is -0.507 e. The summed E-state index contributed by atoms with van der Waals surface area (Å²) in [5.41, 5.74) is 6.08. The van der Waals surface area contributed by atoms with Crippen molar-refractivity contribution in [3.63, 3.8) is 0 Å². The lowest BCUT2D eigenvalue weighted by molar-refractivity contribution is 0.389. The van der Waals surface area contributed by atoms with Gasteiger partial charge in [0.05, 0.1) is 0 Å². The van der Waals surface area contributed by atoms with Crippen molar-refractivity contribution >= 4 is 10.8 Å². The quantitative estimate of drug-likeness (QED) is 0.0870. The molecule has 2 N–H and O–H groups in total. The van der Waals surface area contributed by atoms with E-state index in [1.165, 1.54) is 107 Å². The average molecular weight is 659 g/mol. The third kappa shape index (κ3) is 16.3. The van der Waals surface area contributed by atoms with Gasteiger partial charge in [-0.3, -0.25) is 0 Å². The van der Waals surface area contributed by atoms with E-state index in [0.717, 1.165) is 46.6 Å². The van der Waals surface area contributed by atoms with Gasteiger partial charge in [-0.15, -0.1) is 0 Å². The van der Waals surface area contributed by atoms with Gasteiger partial charge in [0.1, 0.15) is 11.5 Å². The smallest absolute Gasteiger partial charge is 0.127 e. The molecule has 0 fully saturated rings. The Balaban J connectivity index is 1.58. The average Bonchev–Trinajstić information content (AvgIpc) is 3.03. The van der Waals surface area contributed by atoms with Gasteiger partial charge in [-0.05, 0) is 115 Å². The Kier molecular flexibility index (Phi) is 20.0. The van der Waals surface area contributed by atoms with Gasteiger partial charge < -0.3 is 10.2 Å².